The smallest absolute Gasteiger partial charge is 0.0929 e. The molecule has 0 saturated carbocycles. The van der Waals surface area contributed by atoms with Crippen LogP contribution in [-0.2, 0) is 11.0 Å². The van der Waals surface area contributed by atoms with E-state index in [-0.39, 0.29) is 5.41 Å². The van der Waals surface area contributed by atoms with Gasteiger partial charge in [0.2, 0.25) is 0 Å². The van der Waals surface area contributed by atoms with Crippen molar-refractivity contribution in [2.24, 2.45) is 0 Å². The van der Waals surface area contributed by atoms with E-state index in [1.54, 1.807) is 0 Å². The van der Waals surface area contributed by atoms with Crippen LogP contribution in [0.15, 0.2) is 212 Å². The Balaban J connectivity index is 1.20. The van der Waals surface area contributed by atoms with Crippen molar-refractivity contribution in [3.05, 3.63) is 235 Å². The van der Waals surface area contributed by atoms with Gasteiger partial charge in [-0.1, -0.05) is 202 Å². The average Bonchev–Trinajstić information content (AvgIpc) is 3.50. The van der Waals surface area contributed by atoms with Crippen LogP contribution in [0, 0.1) is 0 Å². The highest BCUT2D eigenvalue weighted by Crippen LogP contribution is 2.53. The van der Waals surface area contributed by atoms with Crippen LogP contribution in [0.3, 0.4) is 0 Å². The number of hydrogen-bond acceptors (Lipinski definition) is 1. The summed E-state index contributed by atoms with van der Waals surface area (Å²) in [4.78, 5) is 2.62. The number of nitrogens with zero attached hydrogens (tertiary/aromatic N) is 1. The summed E-state index contributed by atoms with van der Waals surface area (Å²) in [7, 11) is 0. The highest BCUT2D eigenvalue weighted by molar-refractivity contribution is 5.92. The minimum absolute atomic E-state index is 0.131. The Hall–Kier alpha value is -6.70. The van der Waals surface area contributed by atoms with Crippen molar-refractivity contribution in [2.75, 3.05) is 4.90 Å². The Bertz CT molecular complexity index is 2780. The highest BCUT2D eigenvalue weighted by Gasteiger charge is 2.42. The van der Waals surface area contributed by atoms with E-state index < -0.39 is 5.54 Å². The van der Waals surface area contributed by atoms with Gasteiger partial charge < -0.3 is 4.90 Å². The third-order valence-electron chi connectivity index (χ3n) is 12.2. The Labute approximate surface area is 330 Å². The molecule has 10 rings (SSSR count). The molecule has 8 aromatic carbocycles. The molecule has 0 spiro atoms. The Morgan fingerprint density at radius 3 is 1.75 bits per heavy atom. The van der Waals surface area contributed by atoms with E-state index in [9.17, 15) is 0 Å². The molecule has 1 nitrogen and oxygen atoms in total. The highest BCUT2D eigenvalue weighted by atomic mass is 15.2. The van der Waals surface area contributed by atoms with Gasteiger partial charge in [0.25, 0.3) is 0 Å². The normalized spacial score (nSPS) is 16.6. The first kappa shape index (κ1) is 33.8. The van der Waals surface area contributed by atoms with E-state index in [1.807, 2.05) is 0 Å². The summed E-state index contributed by atoms with van der Waals surface area (Å²) in [6, 6.07) is 71.3. The Morgan fingerprint density at radius 1 is 0.429 bits per heavy atom. The lowest BCUT2D eigenvalue weighted by molar-refractivity contribution is 0.552. The third-order valence-corrected chi connectivity index (χ3v) is 12.2. The van der Waals surface area contributed by atoms with Gasteiger partial charge in [-0.2, -0.15) is 0 Å². The third kappa shape index (κ3) is 5.54. The first-order chi connectivity index (χ1) is 27.5. The van der Waals surface area contributed by atoms with Crippen LogP contribution in [0.4, 0.5) is 11.4 Å². The largest absolute Gasteiger partial charge is 0.327 e. The van der Waals surface area contributed by atoms with Crippen LogP contribution in [0.1, 0.15) is 42.5 Å². The molecular formula is C55H43N. The van der Waals surface area contributed by atoms with Crippen molar-refractivity contribution < 1.29 is 0 Å². The topological polar surface area (TPSA) is 3.24 Å². The molecule has 8 aromatic rings. The maximum absolute atomic E-state index is 2.62. The molecule has 0 bridgehead atoms. The minimum atomic E-state index is -0.551. The fourth-order valence-corrected chi connectivity index (χ4v) is 9.40. The van der Waals surface area contributed by atoms with Gasteiger partial charge in [0.05, 0.1) is 5.54 Å². The van der Waals surface area contributed by atoms with E-state index in [2.05, 4.69) is 231 Å². The van der Waals surface area contributed by atoms with Crippen LogP contribution < -0.4 is 4.90 Å². The predicted octanol–water partition coefficient (Wildman–Crippen LogP) is 14.6. The molecule has 0 aliphatic heterocycles. The molecule has 268 valence electrons. The molecule has 0 amide bonds. The quantitative estimate of drug-likeness (QED) is 0.159. The SMILES string of the molecule is CC1(C)c2ccccc2-c2ccc(N(c3ccc(-c4ccccc4)cc3)C3(c4cccc5ccccc45)C=CC(c4ccccc4-c4ccccc4)=CC3)cc21. The fraction of sp³-hybridized carbons (Fsp3) is 0.0909. The summed E-state index contributed by atoms with van der Waals surface area (Å²) in [5, 5.41) is 2.51. The number of fused-ring (bicyclic) bond motifs is 4. The number of rotatable bonds is 7. The van der Waals surface area contributed by atoms with Crippen molar-refractivity contribution >= 4 is 27.7 Å². The molecular weight excluding hydrogens is 675 g/mol. The van der Waals surface area contributed by atoms with Crippen molar-refractivity contribution in [3.63, 3.8) is 0 Å². The number of allylic oxidation sites excluding steroid dienone is 2. The van der Waals surface area contributed by atoms with Crippen LogP contribution in [0.25, 0.3) is 49.7 Å². The molecule has 0 saturated heterocycles. The molecule has 0 aromatic heterocycles. The maximum Gasteiger partial charge on any atom is 0.0929 e. The first-order valence-electron chi connectivity index (χ1n) is 19.7. The predicted molar refractivity (Wildman–Crippen MR) is 237 cm³/mol. The molecule has 0 radical (unpaired) electrons. The second kappa shape index (κ2) is 13.6. The summed E-state index contributed by atoms with van der Waals surface area (Å²) < 4.78 is 0. The first-order valence-corrected chi connectivity index (χ1v) is 19.7. The fourth-order valence-electron chi connectivity index (χ4n) is 9.40. The lowest BCUT2D eigenvalue weighted by Gasteiger charge is -2.46. The molecule has 1 heteroatoms. The standard InChI is InChI=1S/C55H43N/c1-54(2)51-26-14-13-25-49(51)50-33-32-45(38-53(50)54)56(44-30-28-40(29-31-44)39-16-5-3-6-17-39)55(52-27-15-21-42-20-9-10-24-48(42)52)36-34-43(35-37-55)47-23-12-11-22-46(47)41-18-7-4-8-19-41/h3-36,38H,37H2,1-2H3. The van der Waals surface area contributed by atoms with Crippen LogP contribution in [0.2, 0.25) is 0 Å². The van der Waals surface area contributed by atoms with E-state index in [4.69, 9.17) is 0 Å². The van der Waals surface area contributed by atoms with Gasteiger partial charge in [-0.15, -0.1) is 0 Å². The summed E-state index contributed by atoms with van der Waals surface area (Å²) in [5.41, 5.74) is 15.7. The van der Waals surface area contributed by atoms with Gasteiger partial charge in [0.1, 0.15) is 0 Å². The van der Waals surface area contributed by atoms with E-state index in [0.29, 0.717) is 0 Å². The summed E-state index contributed by atoms with van der Waals surface area (Å²) in [6.45, 7) is 4.75. The Kier molecular flexibility index (Phi) is 8.19. The van der Waals surface area contributed by atoms with Crippen LogP contribution >= 0.6 is 0 Å². The summed E-state index contributed by atoms with van der Waals surface area (Å²) in [5.74, 6) is 0. The molecule has 0 N–H and O–H groups in total. The molecule has 2 aliphatic carbocycles. The van der Waals surface area contributed by atoms with Crippen molar-refractivity contribution in [2.45, 2.75) is 31.2 Å². The van der Waals surface area contributed by atoms with E-state index in [0.717, 1.165) is 12.1 Å². The summed E-state index contributed by atoms with van der Waals surface area (Å²) >= 11 is 0. The molecule has 0 fully saturated rings. The molecule has 1 unspecified atom stereocenters. The van der Waals surface area contributed by atoms with Gasteiger partial charge in [-0.3, -0.25) is 0 Å². The lowest BCUT2D eigenvalue weighted by atomic mass is 9.76. The molecule has 2 aliphatic rings. The Morgan fingerprint density at radius 2 is 1.00 bits per heavy atom. The van der Waals surface area contributed by atoms with Crippen LogP contribution in [0.5, 0.6) is 0 Å². The second-order valence-corrected chi connectivity index (χ2v) is 15.7. The van der Waals surface area contributed by atoms with Gasteiger partial charge in [-0.25, -0.2) is 0 Å². The van der Waals surface area contributed by atoms with Gasteiger partial charge in [0.15, 0.2) is 0 Å². The molecule has 0 heterocycles. The zero-order valence-electron chi connectivity index (χ0n) is 31.9. The second-order valence-electron chi connectivity index (χ2n) is 15.7. The molecule has 56 heavy (non-hydrogen) atoms. The summed E-state index contributed by atoms with van der Waals surface area (Å²) in [6.07, 6.45) is 8.12. The lowest BCUT2D eigenvalue weighted by Crippen LogP contribution is -2.43. The van der Waals surface area contributed by atoms with Crippen LogP contribution in [-0.4, -0.2) is 0 Å². The van der Waals surface area contributed by atoms with Crippen molar-refractivity contribution in [3.8, 4) is 33.4 Å². The van der Waals surface area contributed by atoms with E-state index >= 15 is 0 Å². The zero-order valence-corrected chi connectivity index (χ0v) is 31.9. The number of anilines is 2. The maximum atomic E-state index is 2.62. The molecule has 1 atom stereocenters. The van der Waals surface area contributed by atoms with E-state index in [1.165, 1.54) is 77.7 Å². The minimum Gasteiger partial charge on any atom is -0.327 e. The van der Waals surface area contributed by atoms with Gasteiger partial charge in [0, 0.05) is 16.8 Å². The monoisotopic (exact) mass is 717 g/mol. The van der Waals surface area contributed by atoms with Crippen molar-refractivity contribution in [1.82, 2.24) is 0 Å². The average molecular weight is 718 g/mol. The zero-order chi connectivity index (χ0) is 37.7. The number of hydrogen-bond donors (Lipinski definition) is 0. The van der Waals surface area contributed by atoms with Crippen molar-refractivity contribution in [1.29, 1.82) is 0 Å². The number of benzene rings is 8. The van der Waals surface area contributed by atoms with Gasteiger partial charge in [-0.05, 0) is 103 Å². The van der Waals surface area contributed by atoms with Gasteiger partial charge >= 0.3 is 0 Å².